The molecule has 0 atom stereocenters. The Bertz CT molecular complexity index is 1130. The summed E-state index contributed by atoms with van der Waals surface area (Å²) < 4.78 is 15.3. The van der Waals surface area contributed by atoms with Crippen LogP contribution in [-0.4, -0.2) is 62.9 Å². The molecule has 29 heavy (non-hydrogen) atoms. The molecule has 1 aliphatic heterocycles. The van der Waals surface area contributed by atoms with Crippen LogP contribution in [0.3, 0.4) is 0 Å². The van der Waals surface area contributed by atoms with E-state index in [4.69, 9.17) is 10.1 Å². The first-order valence-electron chi connectivity index (χ1n) is 9.55. The molecule has 3 aromatic heterocycles. The van der Waals surface area contributed by atoms with Crippen molar-refractivity contribution >= 4 is 11.5 Å². The van der Waals surface area contributed by atoms with Gasteiger partial charge in [0.2, 0.25) is 0 Å². The Morgan fingerprint density at radius 1 is 0.862 bits per heavy atom. The fourth-order valence-electron chi connectivity index (χ4n) is 3.63. The maximum atomic E-state index is 13.5. The monoisotopic (exact) mass is 389 g/mol. The summed E-state index contributed by atoms with van der Waals surface area (Å²) in [5, 5.41) is 12.8. The van der Waals surface area contributed by atoms with Gasteiger partial charge in [-0.1, -0.05) is 0 Å². The Kier molecular flexibility index (Phi) is 4.40. The van der Waals surface area contributed by atoms with Crippen LogP contribution < -0.4 is 4.90 Å². The van der Waals surface area contributed by atoms with Gasteiger partial charge in [0.15, 0.2) is 5.65 Å². The largest absolute Gasteiger partial charge is 0.353 e. The molecule has 4 aromatic rings. The summed E-state index contributed by atoms with van der Waals surface area (Å²) in [6.07, 6.45) is 3.34. The van der Waals surface area contributed by atoms with E-state index < -0.39 is 0 Å². The number of rotatable bonds is 3. The molecular formula is C21H20FN7. The highest BCUT2D eigenvalue weighted by atomic mass is 19.1. The smallest absolute Gasteiger partial charge is 0.155 e. The average molecular weight is 389 g/mol. The highest BCUT2D eigenvalue weighted by Gasteiger charge is 2.20. The number of anilines is 1. The molecule has 1 aliphatic rings. The van der Waals surface area contributed by atoms with Crippen LogP contribution in [0.15, 0.2) is 54.9 Å². The van der Waals surface area contributed by atoms with Crippen molar-refractivity contribution in [1.29, 1.82) is 0 Å². The molecule has 7 nitrogen and oxygen atoms in total. The zero-order chi connectivity index (χ0) is 19.8. The summed E-state index contributed by atoms with van der Waals surface area (Å²) in [5.74, 6) is 0.636. The lowest BCUT2D eigenvalue weighted by Crippen LogP contribution is -2.44. The number of fused-ring (bicyclic) bond motifs is 1. The van der Waals surface area contributed by atoms with Crippen LogP contribution in [0.1, 0.15) is 0 Å². The van der Waals surface area contributed by atoms with Gasteiger partial charge in [0.05, 0.1) is 18.1 Å². The second kappa shape index (κ2) is 7.21. The number of likely N-dealkylation sites (N-methyl/N-ethyl adjacent to an activating group) is 1. The van der Waals surface area contributed by atoms with E-state index in [-0.39, 0.29) is 5.82 Å². The van der Waals surface area contributed by atoms with Crippen molar-refractivity contribution in [3.63, 3.8) is 0 Å². The van der Waals surface area contributed by atoms with Crippen molar-refractivity contribution < 1.29 is 4.39 Å². The zero-order valence-corrected chi connectivity index (χ0v) is 16.0. The topological polar surface area (TPSA) is 62.5 Å². The van der Waals surface area contributed by atoms with E-state index in [2.05, 4.69) is 27.0 Å². The van der Waals surface area contributed by atoms with E-state index in [9.17, 15) is 4.39 Å². The minimum Gasteiger partial charge on any atom is -0.353 e. The van der Waals surface area contributed by atoms with Crippen molar-refractivity contribution in [3.8, 4) is 22.5 Å². The lowest BCUT2D eigenvalue weighted by molar-refractivity contribution is 0.311. The molecule has 0 unspecified atom stereocenters. The standard InChI is InChI=1S/C21H20FN7/c1-27-10-12-28(13-11-27)19-7-6-18-25-20(15-2-4-17(22)5-3-15)21(29(18)26-19)16-8-9-23-24-14-16/h2-9,14H,10-13H2,1H3. The predicted octanol–water partition coefficient (Wildman–Crippen LogP) is 2.74. The molecule has 146 valence electrons. The fraction of sp³-hybridized carbons (Fsp3) is 0.238. The molecule has 0 radical (unpaired) electrons. The Morgan fingerprint density at radius 2 is 1.66 bits per heavy atom. The van der Waals surface area contributed by atoms with Gasteiger partial charge in [0.25, 0.3) is 0 Å². The first-order valence-corrected chi connectivity index (χ1v) is 9.55. The van der Waals surface area contributed by atoms with Crippen LogP contribution in [0.2, 0.25) is 0 Å². The molecule has 0 aliphatic carbocycles. The third-order valence-corrected chi connectivity index (χ3v) is 5.27. The van der Waals surface area contributed by atoms with Gasteiger partial charge >= 0.3 is 0 Å². The molecule has 0 spiro atoms. The third kappa shape index (κ3) is 3.31. The zero-order valence-electron chi connectivity index (χ0n) is 16.0. The van der Waals surface area contributed by atoms with E-state index in [1.807, 2.05) is 22.7 Å². The molecule has 8 heteroatoms. The number of nitrogens with zero attached hydrogens (tertiary/aromatic N) is 7. The second-order valence-corrected chi connectivity index (χ2v) is 7.20. The fourth-order valence-corrected chi connectivity index (χ4v) is 3.63. The molecule has 1 fully saturated rings. The normalized spacial score (nSPS) is 15.2. The number of imidazole rings is 1. The number of aromatic nitrogens is 5. The molecular weight excluding hydrogens is 369 g/mol. The SMILES string of the molecule is CN1CCN(c2ccc3nc(-c4ccc(F)cc4)c(-c4ccnnc4)n3n2)CC1. The van der Waals surface area contributed by atoms with Crippen LogP contribution in [0, 0.1) is 5.82 Å². The molecule has 1 saturated heterocycles. The van der Waals surface area contributed by atoms with Crippen LogP contribution in [0.25, 0.3) is 28.2 Å². The van der Waals surface area contributed by atoms with Crippen molar-refractivity contribution in [2.75, 3.05) is 38.1 Å². The minimum absolute atomic E-state index is 0.278. The van der Waals surface area contributed by atoms with Crippen LogP contribution in [0.5, 0.6) is 0 Å². The summed E-state index contributed by atoms with van der Waals surface area (Å²) in [4.78, 5) is 9.39. The van der Waals surface area contributed by atoms with Crippen molar-refractivity contribution in [3.05, 3.63) is 60.7 Å². The summed E-state index contributed by atoms with van der Waals surface area (Å²) >= 11 is 0. The quantitative estimate of drug-likeness (QED) is 0.537. The van der Waals surface area contributed by atoms with E-state index in [0.717, 1.165) is 60.2 Å². The molecule has 0 N–H and O–H groups in total. The summed E-state index contributed by atoms with van der Waals surface area (Å²) in [6.45, 7) is 3.87. The summed E-state index contributed by atoms with van der Waals surface area (Å²) in [5.41, 5.74) is 3.97. The van der Waals surface area contributed by atoms with Crippen LogP contribution in [0.4, 0.5) is 10.2 Å². The predicted molar refractivity (Wildman–Crippen MR) is 109 cm³/mol. The molecule has 0 amide bonds. The average Bonchev–Trinajstić information content (AvgIpc) is 3.14. The number of benzene rings is 1. The van der Waals surface area contributed by atoms with Gasteiger partial charge in [0, 0.05) is 37.3 Å². The maximum absolute atomic E-state index is 13.5. The lowest BCUT2D eigenvalue weighted by Gasteiger charge is -2.33. The van der Waals surface area contributed by atoms with Gasteiger partial charge in [-0.15, -0.1) is 5.10 Å². The maximum Gasteiger partial charge on any atom is 0.155 e. The van der Waals surface area contributed by atoms with Crippen LogP contribution in [-0.2, 0) is 0 Å². The number of piperazine rings is 1. The Labute approximate surface area is 167 Å². The van der Waals surface area contributed by atoms with Gasteiger partial charge in [0.1, 0.15) is 17.3 Å². The number of hydrogen-bond donors (Lipinski definition) is 0. The van der Waals surface area contributed by atoms with Gasteiger partial charge in [-0.05, 0) is 49.5 Å². The van der Waals surface area contributed by atoms with E-state index in [1.54, 1.807) is 24.5 Å². The van der Waals surface area contributed by atoms with E-state index in [0.29, 0.717) is 0 Å². The molecule has 0 bridgehead atoms. The summed E-state index contributed by atoms with van der Waals surface area (Å²) in [7, 11) is 2.13. The first kappa shape index (κ1) is 17.7. The molecule has 1 aromatic carbocycles. The van der Waals surface area contributed by atoms with E-state index in [1.165, 1.54) is 12.1 Å². The molecule has 0 saturated carbocycles. The highest BCUT2D eigenvalue weighted by molar-refractivity contribution is 5.81. The second-order valence-electron chi connectivity index (χ2n) is 7.20. The van der Waals surface area contributed by atoms with Gasteiger partial charge in [-0.25, -0.2) is 13.9 Å². The van der Waals surface area contributed by atoms with Crippen molar-refractivity contribution in [2.45, 2.75) is 0 Å². The Balaban J connectivity index is 1.68. The Hall–Kier alpha value is -3.39. The van der Waals surface area contributed by atoms with Gasteiger partial charge in [-0.3, -0.25) is 0 Å². The third-order valence-electron chi connectivity index (χ3n) is 5.27. The van der Waals surface area contributed by atoms with Crippen molar-refractivity contribution in [2.24, 2.45) is 0 Å². The van der Waals surface area contributed by atoms with Gasteiger partial charge < -0.3 is 9.80 Å². The minimum atomic E-state index is -0.278. The van der Waals surface area contributed by atoms with Crippen molar-refractivity contribution in [1.82, 2.24) is 29.7 Å². The van der Waals surface area contributed by atoms with Gasteiger partial charge in [-0.2, -0.15) is 10.2 Å². The lowest BCUT2D eigenvalue weighted by atomic mass is 10.1. The highest BCUT2D eigenvalue weighted by Crippen LogP contribution is 2.32. The Morgan fingerprint density at radius 3 is 2.38 bits per heavy atom. The number of halogens is 1. The van der Waals surface area contributed by atoms with Crippen LogP contribution >= 0.6 is 0 Å². The first-order chi connectivity index (χ1) is 14.2. The molecule has 5 rings (SSSR count). The number of hydrogen-bond acceptors (Lipinski definition) is 6. The summed E-state index contributed by atoms with van der Waals surface area (Å²) in [6, 6.07) is 12.2. The molecule has 4 heterocycles. The van der Waals surface area contributed by atoms with E-state index >= 15 is 0 Å².